The first kappa shape index (κ1) is 47.1. The molecule has 9 aromatic carbocycles. The SMILES string of the molecule is N#Cc1c(-n2c3ccccc3c3ccccc32)c(-n2c3ccc(-c4ccccn4)cc3c3cc(-c4ccccn4)ccc32)cc(-n2c3ccc(-c4ccccn4)cc3c3cc(-c4ccccn4)ccc32)c1-n1c2ccccc2c2ccccc21. The molecular formula is C75H45N9. The van der Waals surface area contributed by atoms with Crippen LogP contribution in [-0.2, 0) is 0 Å². The maximum atomic E-state index is 12.8. The van der Waals surface area contributed by atoms with Crippen molar-refractivity contribution in [2.45, 2.75) is 0 Å². The topological polar surface area (TPSA) is 95.1 Å². The Balaban J connectivity index is 1.10. The van der Waals surface area contributed by atoms with E-state index in [4.69, 9.17) is 19.9 Å². The predicted molar refractivity (Wildman–Crippen MR) is 341 cm³/mol. The van der Waals surface area contributed by atoms with Gasteiger partial charge in [-0.05, 0) is 127 Å². The van der Waals surface area contributed by atoms with E-state index in [0.29, 0.717) is 5.56 Å². The minimum atomic E-state index is 0.496. The van der Waals surface area contributed by atoms with E-state index in [-0.39, 0.29) is 0 Å². The molecule has 17 aromatic rings. The molecule has 9 heteroatoms. The fraction of sp³-hybridized carbons (Fsp3) is 0. The molecule has 8 aromatic heterocycles. The largest absolute Gasteiger partial charge is 0.307 e. The zero-order valence-electron chi connectivity index (χ0n) is 45.0. The van der Waals surface area contributed by atoms with Crippen molar-refractivity contribution in [3.63, 3.8) is 0 Å². The zero-order valence-corrected chi connectivity index (χ0v) is 45.0. The summed E-state index contributed by atoms with van der Waals surface area (Å²) in [5.74, 6) is 0. The van der Waals surface area contributed by atoms with Gasteiger partial charge in [-0.1, -0.05) is 121 Å². The summed E-state index contributed by atoms with van der Waals surface area (Å²) in [7, 11) is 0. The van der Waals surface area contributed by atoms with Crippen molar-refractivity contribution in [2.24, 2.45) is 0 Å². The summed E-state index contributed by atoms with van der Waals surface area (Å²) >= 11 is 0. The molecule has 0 radical (unpaired) electrons. The minimum Gasteiger partial charge on any atom is -0.307 e. The molecule has 0 saturated carbocycles. The quantitative estimate of drug-likeness (QED) is 0.151. The molecule has 0 saturated heterocycles. The van der Waals surface area contributed by atoms with Crippen LogP contribution in [0.1, 0.15) is 5.56 Å². The second-order valence-electron chi connectivity index (χ2n) is 21.3. The molecule has 0 amide bonds. The minimum absolute atomic E-state index is 0.496. The summed E-state index contributed by atoms with van der Waals surface area (Å²) in [5.41, 5.74) is 18.9. The Hall–Kier alpha value is -11.7. The van der Waals surface area contributed by atoms with Crippen LogP contribution in [0.5, 0.6) is 0 Å². The number of hydrogen-bond donors (Lipinski definition) is 0. The van der Waals surface area contributed by atoms with E-state index in [1.807, 2.05) is 73.3 Å². The normalized spacial score (nSPS) is 11.8. The van der Waals surface area contributed by atoms with Crippen molar-refractivity contribution in [1.82, 2.24) is 38.2 Å². The van der Waals surface area contributed by atoms with Crippen LogP contribution in [0.2, 0.25) is 0 Å². The fourth-order valence-electron chi connectivity index (χ4n) is 13.2. The number of pyridine rings is 4. The first-order valence-electron chi connectivity index (χ1n) is 28.1. The number of rotatable bonds is 8. The van der Waals surface area contributed by atoms with Gasteiger partial charge in [0, 0.05) is 90.1 Å². The molecule has 0 spiro atoms. The third-order valence-corrected chi connectivity index (χ3v) is 16.8. The van der Waals surface area contributed by atoms with Crippen molar-refractivity contribution in [1.29, 1.82) is 5.26 Å². The number of aromatic nitrogens is 8. The lowest BCUT2D eigenvalue weighted by Gasteiger charge is -2.25. The highest BCUT2D eigenvalue weighted by molar-refractivity contribution is 6.16. The van der Waals surface area contributed by atoms with Crippen molar-refractivity contribution < 1.29 is 0 Å². The Kier molecular flexibility index (Phi) is 10.5. The molecule has 0 aliphatic heterocycles. The summed E-state index contributed by atoms with van der Waals surface area (Å²) in [5, 5.41) is 21.3. The van der Waals surface area contributed by atoms with E-state index in [2.05, 4.69) is 225 Å². The monoisotopic (exact) mass is 1070 g/mol. The molecule has 390 valence electrons. The molecule has 0 aliphatic carbocycles. The van der Waals surface area contributed by atoms with Crippen molar-refractivity contribution in [3.8, 4) is 73.8 Å². The highest BCUT2D eigenvalue weighted by atomic mass is 15.1. The van der Waals surface area contributed by atoms with Crippen LogP contribution in [0.3, 0.4) is 0 Å². The van der Waals surface area contributed by atoms with Crippen LogP contribution < -0.4 is 0 Å². The summed E-state index contributed by atoms with van der Waals surface area (Å²) in [6.07, 6.45) is 7.38. The van der Waals surface area contributed by atoms with Crippen molar-refractivity contribution in [2.75, 3.05) is 0 Å². The average molecular weight is 1070 g/mol. The number of hydrogen-bond acceptors (Lipinski definition) is 5. The van der Waals surface area contributed by atoms with Gasteiger partial charge in [-0.25, -0.2) is 0 Å². The Morgan fingerprint density at radius 1 is 0.250 bits per heavy atom. The van der Waals surface area contributed by atoms with Crippen LogP contribution in [0, 0.1) is 11.3 Å². The zero-order chi connectivity index (χ0) is 55.4. The second-order valence-corrected chi connectivity index (χ2v) is 21.3. The van der Waals surface area contributed by atoms with Gasteiger partial charge in [0.1, 0.15) is 11.6 Å². The van der Waals surface area contributed by atoms with E-state index >= 15 is 0 Å². The number of nitriles is 1. The van der Waals surface area contributed by atoms with Gasteiger partial charge in [0.05, 0.1) is 89.7 Å². The smallest absolute Gasteiger partial charge is 0.104 e. The Morgan fingerprint density at radius 3 is 0.774 bits per heavy atom. The third-order valence-electron chi connectivity index (χ3n) is 16.8. The molecule has 8 heterocycles. The van der Waals surface area contributed by atoms with E-state index in [1.54, 1.807) is 0 Å². The molecule has 9 nitrogen and oxygen atoms in total. The Labute approximate surface area is 481 Å². The molecule has 0 fully saturated rings. The van der Waals surface area contributed by atoms with Gasteiger partial charge >= 0.3 is 0 Å². The number of fused-ring (bicyclic) bond motifs is 12. The molecule has 0 aliphatic rings. The van der Waals surface area contributed by atoms with Gasteiger partial charge in [-0.15, -0.1) is 0 Å². The van der Waals surface area contributed by atoms with Crippen molar-refractivity contribution in [3.05, 3.63) is 279 Å². The van der Waals surface area contributed by atoms with Crippen LogP contribution in [0.15, 0.2) is 274 Å². The summed E-state index contributed by atoms with van der Waals surface area (Å²) < 4.78 is 9.46. The van der Waals surface area contributed by atoms with Crippen LogP contribution in [-0.4, -0.2) is 38.2 Å². The van der Waals surface area contributed by atoms with Crippen LogP contribution in [0.25, 0.3) is 155 Å². The molecule has 84 heavy (non-hydrogen) atoms. The lowest BCUT2D eigenvalue weighted by Crippen LogP contribution is -2.13. The Morgan fingerprint density at radius 2 is 0.512 bits per heavy atom. The van der Waals surface area contributed by atoms with E-state index in [9.17, 15) is 5.26 Å². The fourth-order valence-corrected chi connectivity index (χ4v) is 13.2. The van der Waals surface area contributed by atoms with Gasteiger partial charge in [0.2, 0.25) is 0 Å². The number of benzene rings is 9. The molecular weight excluding hydrogens is 1030 g/mol. The summed E-state index contributed by atoms with van der Waals surface area (Å²) in [4.78, 5) is 19.4. The maximum absolute atomic E-state index is 12.8. The van der Waals surface area contributed by atoms with Gasteiger partial charge in [-0.2, -0.15) is 5.26 Å². The first-order valence-corrected chi connectivity index (χ1v) is 28.1. The highest BCUT2D eigenvalue weighted by Gasteiger charge is 2.31. The second kappa shape index (κ2) is 18.7. The maximum Gasteiger partial charge on any atom is 0.104 e. The number of para-hydroxylation sites is 4. The van der Waals surface area contributed by atoms with E-state index in [1.165, 1.54) is 0 Å². The summed E-state index contributed by atoms with van der Waals surface area (Å²) in [6, 6.07) is 90.5. The molecule has 17 rings (SSSR count). The van der Waals surface area contributed by atoms with Crippen LogP contribution in [0.4, 0.5) is 0 Å². The summed E-state index contributed by atoms with van der Waals surface area (Å²) in [6.45, 7) is 0. The first-order chi connectivity index (χ1) is 41.7. The van der Waals surface area contributed by atoms with Gasteiger partial charge in [0.15, 0.2) is 0 Å². The molecule has 0 unspecified atom stereocenters. The lowest BCUT2D eigenvalue weighted by atomic mass is 10.0. The third kappa shape index (κ3) is 7.08. The van der Waals surface area contributed by atoms with Gasteiger partial charge in [-0.3, -0.25) is 19.9 Å². The standard InChI is InChI=1S/C75H45N9/c76-46-59-74(83-64-25-5-1-17-51(64)52-18-2-6-26-65(52)83)72(81-68-33-29-47(60-21-9-13-37-77-60)41-55(68)56-42-48(30-34-69(56)81)61-22-10-14-38-78-61)45-73(75(59)84-66-27-7-3-19-53(66)54-20-4-8-28-67(54)84)82-70-35-31-49(62-23-11-15-39-79-62)43-57(70)58-44-50(32-36-71(58)82)63-24-12-16-40-80-63/h1-45H. The molecule has 0 bridgehead atoms. The average Bonchev–Trinajstić information content (AvgIpc) is 1.97. The molecule has 0 atom stereocenters. The predicted octanol–water partition coefficient (Wildman–Crippen LogP) is 18.2. The van der Waals surface area contributed by atoms with Crippen molar-refractivity contribution >= 4 is 87.2 Å². The Bertz CT molecular complexity index is 4920. The van der Waals surface area contributed by atoms with E-state index in [0.717, 1.165) is 155 Å². The van der Waals surface area contributed by atoms with E-state index < -0.39 is 0 Å². The number of nitrogens with zero attached hydrogens (tertiary/aromatic N) is 9. The van der Waals surface area contributed by atoms with Crippen LogP contribution >= 0.6 is 0 Å². The van der Waals surface area contributed by atoms with Gasteiger partial charge < -0.3 is 18.3 Å². The lowest BCUT2D eigenvalue weighted by molar-refractivity contribution is 1.03. The molecule has 0 N–H and O–H groups in total. The highest BCUT2D eigenvalue weighted by Crippen LogP contribution is 2.48. The van der Waals surface area contributed by atoms with Gasteiger partial charge in [0.25, 0.3) is 0 Å².